The van der Waals surface area contributed by atoms with Crippen molar-refractivity contribution in [2.45, 2.75) is 19.3 Å². The van der Waals surface area contributed by atoms with E-state index in [1.54, 1.807) is 7.11 Å². The van der Waals surface area contributed by atoms with E-state index in [0.29, 0.717) is 6.42 Å². The van der Waals surface area contributed by atoms with Crippen LogP contribution in [0.5, 0.6) is 5.75 Å². The van der Waals surface area contributed by atoms with Crippen LogP contribution in [0.25, 0.3) is 10.8 Å². The summed E-state index contributed by atoms with van der Waals surface area (Å²) in [7, 11) is 3.09. The second-order valence-corrected chi connectivity index (χ2v) is 4.48. The molecular formula is C16H18O3. The van der Waals surface area contributed by atoms with E-state index in [4.69, 9.17) is 4.74 Å². The molecule has 0 spiro atoms. The van der Waals surface area contributed by atoms with E-state index in [9.17, 15) is 4.79 Å². The Bertz CT molecular complexity index is 575. The van der Waals surface area contributed by atoms with Crippen LogP contribution in [0.3, 0.4) is 0 Å². The van der Waals surface area contributed by atoms with Gasteiger partial charge in [-0.15, -0.1) is 0 Å². The van der Waals surface area contributed by atoms with Crippen LogP contribution < -0.4 is 4.74 Å². The van der Waals surface area contributed by atoms with Gasteiger partial charge in [0, 0.05) is 6.42 Å². The largest absolute Gasteiger partial charge is 0.497 e. The summed E-state index contributed by atoms with van der Waals surface area (Å²) in [6, 6.07) is 12.4. The Morgan fingerprint density at radius 2 is 1.79 bits per heavy atom. The number of fused-ring (bicyclic) bond motifs is 1. The van der Waals surface area contributed by atoms with E-state index in [0.717, 1.165) is 24.0 Å². The van der Waals surface area contributed by atoms with Crippen molar-refractivity contribution in [1.29, 1.82) is 0 Å². The molecule has 0 radical (unpaired) electrons. The molecule has 2 rings (SSSR count). The lowest BCUT2D eigenvalue weighted by molar-refractivity contribution is -0.140. The number of hydrogen-bond acceptors (Lipinski definition) is 3. The van der Waals surface area contributed by atoms with Gasteiger partial charge in [-0.2, -0.15) is 0 Å². The van der Waals surface area contributed by atoms with Gasteiger partial charge in [0.2, 0.25) is 0 Å². The zero-order valence-electron chi connectivity index (χ0n) is 11.3. The molecule has 0 amide bonds. The fourth-order valence-electron chi connectivity index (χ4n) is 2.09. The Labute approximate surface area is 113 Å². The molecule has 0 atom stereocenters. The lowest BCUT2D eigenvalue weighted by atomic mass is 10.0. The molecule has 3 heteroatoms. The van der Waals surface area contributed by atoms with E-state index in [1.807, 2.05) is 12.1 Å². The van der Waals surface area contributed by atoms with Crippen molar-refractivity contribution in [3.8, 4) is 5.75 Å². The predicted octanol–water partition coefficient (Wildman–Crippen LogP) is 3.34. The highest BCUT2D eigenvalue weighted by atomic mass is 16.5. The SMILES string of the molecule is COC(=O)CCCc1ccc2cc(OC)ccc2c1. The predicted molar refractivity (Wildman–Crippen MR) is 75.5 cm³/mol. The highest BCUT2D eigenvalue weighted by molar-refractivity contribution is 5.84. The summed E-state index contributed by atoms with van der Waals surface area (Å²) in [6.45, 7) is 0. The molecule has 0 bridgehead atoms. The first-order valence-electron chi connectivity index (χ1n) is 6.36. The minimum atomic E-state index is -0.148. The number of hydrogen-bond donors (Lipinski definition) is 0. The van der Waals surface area contributed by atoms with Crippen molar-refractivity contribution < 1.29 is 14.3 Å². The van der Waals surface area contributed by atoms with Crippen LogP contribution >= 0.6 is 0 Å². The summed E-state index contributed by atoms with van der Waals surface area (Å²) >= 11 is 0. The van der Waals surface area contributed by atoms with Crippen molar-refractivity contribution in [2.24, 2.45) is 0 Å². The van der Waals surface area contributed by atoms with Crippen molar-refractivity contribution in [3.05, 3.63) is 42.0 Å². The van der Waals surface area contributed by atoms with Crippen LogP contribution in [-0.2, 0) is 16.0 Å². The molecule has 3 nitrogen and oxygen atoms in total. The first-order valence-corrected chi connectivity index (χ1v) is 6.36. The molecule has 0 aromatic heterocycles. The van der Waals surface area contributed by atoms with Gasteiger partial charge in [-0.1, -0.05) is 24.3 Å². The first kappa shape index (κ1) is 13.4. The van der Waals surface area contributed by atoms with E-state index < -0.39 is 0 Å². The number of rotatable bonds is 5. The summed E-state index contributed by atoms with van der Waals surface area (Å²) in [5.41, 5.74) is 1.24. The lowest BCUT2D eigenvalue weighted by Gasteiger charge is -2.05. The monoisotopic (exact) mass is 258 g/mol. The smallest absolute Gasteiger partial charge is 0.305 e. The average Bonchev–Trinajstić information content (AvgIpc) is 2.46. The van der Waals surface area contributed by atoms with Crippen LogP contribution in [0, 0.1) is 0 Å². The van der Waals surface area contributed by atoms with E-state index >= 15 is 0 Å². The van der Waals surface area contributed by atoms with E-state index in [-0.39, 0.29) is 5.97 Å². The van der Waals surface area contributed by atoms with E-state index in [2.05, 4.69) is 29.0 Å². The third-order valence-corrected chi connectivity index (χ3v) is 3.19. The molecule has 0 aliphatic heterocycles. The van der Waals surface area contributed by atoms with Crippen molar-refractivity contribution in [2.75, 3.05) is 14.2 Å². The zero-order chi connectivity index (χ0) is 13.7. The van der Waals surface area contributed by atoms with Crippen LogP contribution in [-0.4, -0.2) is 20.2 Å². The van der Waals surface area contributed by atoms with Crippen LogP contribution in [0.15, 0.2) is 36.4 Å². The molecule has 2 aromatic carbocycles. The minimum absolute atomic E-state index is 0.148. The minimum Gasteiger partial charge on any atom is -0.497 e. The fourth-order valence-corrected chi connectivity index (χ4v) is 2.09. The van der Waals surface area contributed by atoms with E-state index in [1.165, 1.54) is 18.1 Å². The van der Waals surface area contributed by atoms with Gasteiger partial charge in [0.05, 0.1) is 14.2 Å². The average molecular weight is 258 g/mol. The van der Waals surface area contributed by atoms with Crippen LogP contribution in [0.2, 0.25) is 0 Å². The van der Waals surface area contributed by atoms with Crippen molar-refractivity contribution in [1.82, 2.24) is 0 Å². The summed E-state index contributed by atoms with van der Waals surface area (Å²) in [5.74, 6) is 0.719. The molecule has 0 saturated carbocycles. The van der Waals surface area contributed by atoms with Gasteiger partial charge in [0.1, 0.15) is 5.75 Å². The number of carbonyl (C=O) groups is 1. The maximum absolute atomic E-state index is 11.0. The number of esters is 1. The molecule has 0 aliphatic rings. The molecule has 0 heterocycles. The fraction of sp³-hybridized carbons (Fsp3) is 0.312. The molecule has 19 heavy (non-hydrogen) atoms. The van der Waals surface area contributed by atoms with Gasteiger partial charge in [0.25, 0.3) is 0 Å². The van der Waals surface area contributed by atoms with Crippen molar-refractivity contribution >= 4 is 16.7 Å². The van der Waals surface area contributed by atoms with Gasteiger partial charge in [-0.3, -0.25) is 4.79 Å². The van der Waals surface area contributed by atoms with Crippen LogP contribution in [0.4, 0.5) is 0 Å². The summed E-state index contributed by atoms with van der Waals surface area (Å²) in [6.07, 6.45) is 2.17. The van der Waals surface area contributed by atoms with Gasteiger partial charge < -0.3 is 9.47 Å². The molecule has 0 unspecified atom stereocenters. The molecule has 100 valence electrons. The third-order valence-electron chi connectivity index (χ3n) is 3.19. The quantitative estimate of drug-likeness (QED) is 0.771. The molecule has 2 aromatic rings. The molecule has 0 N–H and O–H groups in total. The number of carbonyl (C=O) groups excluding carboxylic acids is 1. The maximum atomic E-state index is 11.0. The number of methoxy groups -OCH3 is 2. The van der Waals surface area contributed by atoms with Gasteiger partial charge in [-0.25, -0.2) is 0 Å². The Morgan fingerprint density at radius 3 is 2.53 bits per heavy atom. The second-order valence-electron chi connectivity index (χ2n) is 4.48. The zero-order valence-corrected chi connectivity index (χ0v) is 11.3. The topological polar surface area (TPSA) is 35.5 Å². The van der Waals surface area contributed by atoms with Gasteiger partial charge >= 0.3 is 5.97 Å². The Kier molecular flexibility index (Phi) is 4.39. The van der Waals surface area contributed by atoms with Gasteiger partial charge in [-0.05, 0) is 41.3 Å². The first-order chi connectivity index (χ1) is 9.22. The Morgan fingerprint density at radius 1 is 1.05 bits per heavy atom. The number of benzene rings is 2. The summed E-state index contributed by atoms with van der Waals surface area (Å²) in [4.78, 5) is 11.0. The molecular weight excluding hydrogens is 240 g/mol. The Balaban J connectivity index is 2.07. The lowest BCUT2D eigenvalue weighted by Crippen LogP contribution is -2.00. The highest BCUT2D eigenvalue weighted by Gasteiger charge is 2.02. The number of aryl methyl sites for hydroxylation is 1. The molecule has 0 fully saturated rings. The standard InChI is InChI=1S/C16H18O3/c1-18-15-9-8-13-10-12(6-7-14(13)11-15)4-3-5-16(17)19-2/h6-11H,3-5H2,1-2H3. The maximum Gasteiger partial charge on any atom is 0.305 e. The second kappa shape index (κ2) is 6.23. The number of ether oxygens (including phenoxy) is 2. The molecule has 0 saturated heterocycles. The highest BCUT2D eigenvalue weighted by Crippen LogP contribution is 2.22. The van der Waals surface area contributed by atoms with Crippen molar-refractivity contribution in [3.63, 3.8) is 0 Å². The third kappa shape index (κ3) is 3.47. The van der Waals surface area contributed by atoms with Crippen LogP contribution in [0.1, 0.15) is 18.4 Å². The normalized spacial score (nSPS) is 10.4. The Hall–Kier alpha value is -2.03. The summed E-state index contributed by atoms with van der Waals surface area (Å²) < 4.78 is 9.84. The summed E-state index contributed by atoms with van der Waals surface area (Å²) in [5, 5.41) is 2.35. The van der Waals surface area contributed by atoms with Gasteiger partial charge in [0.15, 0.2) is 0 Å². The molecule has 0 aliphatic carbocycles.